The van der Waals surface area contributed by atoms with Crippen LogP contribution >= 0.6 is 23.2 Å². The van der Waals surface area contributed by atoms with Gasteiger partial charge in [-0.3, -0.25) is 4.57 Å². The Bertz CT molecular complexity index is 811. The number of fused-ring (bicyclic) bond motifs is 1. The summed E-state index contributed by atoms with van der Waals surface area (Å²) in [6, 6.07) is 11.6. The van der Waals surface area contributed by atoms with Crippen molar-refractivity contribution < 1.29 is 4.74 Å². The summed E-state index contributed by atoms with van der Waals surface area (Å²) in [7, 11) is 1.65. The van der Waals surface area contributed by atoms with Crippen LogP contribution in [0, 0.1) is 6.92 Å². The maximum Gasteiger partial charge on any atom is 0.129 e. The molecule has 0 radical (unpaired) electrons. The van der Waals surface area contributed by atoms with Gasteiger partial charge in [0.05, 0.1) is 34.7 Å². The van der Waals surface area contributed by atoms with Crippen molar-refractivity contribution in [2.24, 2.45) is 0 Å². The first-order chi connectivity index (χ1) is 10.2. The SMILES string of the molecule is COc1ccc(-n2c(CCl)nc3cccc(Cl)c32)c(C)c1. The zero-order valence-electron chi connectivity index (χ0n) is 11.7. The molecule has 0 spiro atoms. The number of ether oxygens (including phenoxy) is 1. The molecule has 0 saturated carbocycles. The molecule has 0 bridgehead atoms. The lowest BCUT2D eigenvalue weighted by atomic mass is 10.2. The summed E-state index contributed by atoms with van der Waals surface area (Å²) in [4.78, 5) is 4.57. The van der Waals surface area contributed by atoms with E-state index in [2.05, 4.69) is 4.98 Å². The number of benzene rings is 2. The molecule has 0 amide bonds. The van der Waals surface area contributed by atoms with Gasteiger partial charge < -0.3 is 4.74 Å². The molecule has 0 aliphatic rings. The molecule has 0 N–H and O–H groups in total. The molecule has 3 nitrogen and oxygen atoms in total. The highest BCUT2D eigenvalue weighted by Gasteiger charge is 2.15. The Balaban J connectivity index is 2.33. The first-order valence-corrected chi connectivity index (χ1v) is 7.43. The largest absolute Gasteiger partial charge is 0.497 e. The van der Waals surface area contributed by atoms with Gasteiger partial charge >= 0.3 is 0 Å². The number of hydrogen-bond acceptors (Lipinski definition) is 2. The Morgan fingerprint density at radius 3 is 2.71 bits per heavy atom. The fraction of sp³-hybridized carbons (Fsp3) is 0.188. The summed E-state index contributed by atoms with van der Waals surface area (Å²) >= 11 is 12.4. The van der Waals surface area contributed by atoms with Gasteiger partial charge in [0.2, 0.25) is 0 Å². The van der Waals surface area contributed by atoms with Crippen LogP contribution in [0.2, 0.25) is 5.02 Å². The molecule has 2 aromatic carbocycles. The highest BCUT2D eigenvalue weighted by atomic mass is 35.5. The number of alkyl halides is 1. The second kappa shape index (κ2) is 5.58. The van der Waals surface area contributed by atoms with Crippen LogP contribution in [-0.2, 0) is 5.88 Å². The van der Waals surface area contributed by atoms with E-state index in [1.165, 1.54) is 0 Å². The minimum absolute atomic E-state index is 0.316. The average molecular weight is 321 g/mol. The lowest BCUT2D eigenvalue weighted by Crippen LogP contribution is -2.02. The van der Waals surface area contributed by atoms with Crippen molar-refractivity contribution in [3.63, 3.8) is 0 Å². The summed E-state index contributed by atoms with van der Waals surface area (Å²) < 4.78 is 7.27. The fourth-order valence-electron chi connectivity index (χ4n) is 2.49. The molecule has 5 heteroatoms. The standard InChI is InChI=1S/C16H14Cl2N2O/c1-10-8-11(21-2)6-7-14(10)20-15(9-17)19-13-5-3-4-12(18)16(13)20/h3-8H,9H2,1-2H3. The van der Waals surface area contributed by atoms with Crippen molar-refractivity contribution in [1.82, 2.24) is 9.55 Å². The van der Waals surface area contributed by atoms with Crippen LogP contribution in [0.25, 0.3) is 16.7 Å². The maximum atomic E-state index is 6.36. The van der Waals surface area contributed by atoms with Crippen LogP contribution in [0.4, 0.5) is 0 Å². The van der Waals surface area contributed by atoms with Crippen molar-refractivity contribution in [2.75, 3.05) is 7.11 Å². The molecule has 3 rings (SSSR count). The van der Waals surface area contributed by atoms with Crippen molar-refractivity contribution in [2.45, 2.75) is 12.8 Å². The van der Waals surface area contributed by atoms with Crippen LogP contribution in [-0.4, -0.2) is 16.7 Å². The molecule has 1 aromatic heterocycles. The number of imidazole rings is 1. The van der Waals surface area contributed by atoms with Gasteiger partial charge in [-0.2, -0.15) is 0 Å². The van der Waals surface area contributed by atoms with Gasteiger partial charge in [0.1, 0.15) is 11.6 Å². The van der Waals surface area contributed by atoms with E-state index in [1.807, 2.05) is 47.9 Å². The molecule has 21 heavy (non-hydrogen) atoms. The second-order valence-electron chi connectivity index (χ2n) is 4.76. The normalized spacial score (nSPS) is 11.0. The van der Waals surface area contributed by atoms with Gasteiger partial charge in [0, 0.05) is 0 Å². The van der Waals surface area contributed by atoms with E-state index in [0.29, 0.717) is 10.9 Å². The number of aromatic nitrogens is 2. The Labute approximate surface area is 133 Å². The summed E-state index contributed by atoms with van der Waals surface area (Å²) in [5, 5.41) is 0.659. The summed E-state index contributed by atoms with van der Waals surface area (Å²) in [5.74, 6) is 1.91. The molecule has 0 aliphatic heterocycles. The van der Waals surface area contributed by atoms with Gasteiger partial charge in [0.15, 0.2) is 0 Å². The second-order valence-corrected chi connectivity index (χ2v) is 5.43. The molecule has 0 unspecified atom stereocenters. The molecule has 3 aromatic rings. The molecule has 0 saturated heterocycles. The molecular formula is C16H14Cl2N2O. The lowest BCUT2D eigenvalue weighted by Gasteiger charge is -2.13. The number of para-hydroxylation sites is 1. The van der Waals surface area contributed by atoms with E-state index in [9.17, 15) is 0 Å². The van der Waals surface area contributed by atoms with Crippen LogP contribution in [0.15, 0.2) is 36.4 Å². The predicted molar refractivity (Wildman–Crippen MR) is 86.9 cm³/mol. The summed E-state index contributed by atoms with van der Waals surface area (Å²) in [6.45, 7) is 2.03. The zero-order chi connectivity index (χ0) is 15.0. The fourth-order valence-corrected chi connectivity index (χ4v) is 2.92. The molecule has 0 fully saturated rings. The smallest absolute Gasteiger partial charge is 0.129 e. The van der Waals surface area contributed by atoms with E-state index in [1.54, 1.807) is 7.11 Å². The third-order valence-corrected chi connectivity index (χ3v) is 4.01. The highest BCUT2D eigenvalue weighted by Crippen LogP contribution is 2.31. The number of nitrogens with zero attached hydrogens (tertiary/aromatic N) is 2. The molecule has 0 atom stereocenters. The first-order valence-electron chi connectivity index (χ1n) is 6.52. The number of halogens is 2. The highest BCUT2D eigenvalue weighted by molar-refractivity contribution is 6.35. The van der Waals surface area contributed by atoms with E-state index in [0.717, 1.165) is 33.9 Å². The summed E-state index contributed by atoms with van der Waals surface area (Å²) in [6.07, 6.45) is 0. The lowest BCUT2D eigenvalue weighted by molar-refractivity contribution is 0.414. The Kier molecular flexibility index (Phi) is 3.79. The minimum atomic E-state index is 0.316. The number of methoxy groups -OCH3 is 1. The van der Waals surface area contributed by atoms with Gasteiger partial charge in [-0.05, 0) is 42.8 Å². The maximum absolute atomic E-state index is 6.36. The van der Waals surface area contributed by atoms with Crippen molar-refractivity contribution >= 4 is 34.2 Å². The quantitative estimate of drug-likeness (QED) is 0.652. The Hall–Kier alpha value is -1.71. The zero-order valence-corrected chi connectivity index (χ0v) is 13.2. The minimum Gasteiger partial charge on any atom is -0.497 e. The van der Waals surface area contributed by atoms with Crippen molar-refractivity contribution in [3.05, 3.63) is 52.8 Å². The third kappa shape index (κ3) is 2.37. The van der Waals surface area contributed by atoms with E-state index < -0.39 is 0 Å². The number of aryl methyl sites for hydroxylation is 1. The van der Waals surface area contributed by atoms with Gasteiger partial charge in [-0.25, -0.2) is 4.98 Å². The van der Waals surface area contributed by atoms with Crippen LogP contribution < -0.4 is 4.74 Å². The van der Waals surface area contributed by atoms with Gasteiger partial charge in [-0.15, -0.1) is 11.6 Å². The van der Waals surface area contributed by atoms with Gasteiger partial charge in [-0.1, -0.05) is 17.7 Å². The molecule has 0 aliphatic carbocycles. The number of rotatable bonds is 3. The third-order valence-electron chi connectivity index (χ3n) is 3.46. The average Bonchev–Trinajstić information content (AvgIpc) is 2.87. The molecule has 1 heterocycles. The Morgan fingerprint density at radius 1 is 1.24 bits per heavy atom. The van der Waals surface area contributed by atoms with E-state index >= 15 is 0 Å². The van der Waals surface area contributed by atoms with Crippen molar-refractivity contribution in [3.8, 4) is 11.4 Å². The predicted octanol–water partition coefficient (Wildman–Crippen LogP) is 4.73. The van der Waals surface area contributed by atoms with Gasteiger partial charge in [0.25, 0.3) is 0 Å². The first kappa shape index (κ1) is 14.2. The van der Waals surface area contributed by atoms with Crippen LogP contribution in [0.1, 0.15) is 11.4 Å². The van der Waals surface area contributed by atoms with Crippen LogP contribution in [0.3, 0.4) is 0 Å². The molecule has 108 valence electrons. The monoisotopic (exact) mass is 320 g/mol. The Morgan fingerprint density at radius 2 is 2.05 bits per heavy atom. The summed E-state index contributed by atoms with van der Waals surface area (Å²) in [5.41, 5.74) is 3.79. The number of hydrogen-bond donors (Lipinski definition) is 0. The topological polar surface area (TPSA) is 27.1 Å². The molecular weight excluding hydrogens is 307 g/mol. The van der Waals surface area contributed by atoms with Crippen molar-refractivity contribution in [1.29, 1.82) is 0 Å². The van der Waals surface area contributed by atoms with E-state index in [-0.39, 0.29) is 0 Å². The van der Waals surface area contributed by atoms with Crippen LogP contribution in [0.5, 0.6) is 5.75 Å². The van der Waals surface area contributed by atoms with E-state index in [4.69, 9.17) is 27.9 Å².